The van der Waals surface area contributed by atoms with Crippen LogP contribution < -0.4 is 11.5 Å². The zero-order valence-electron chi connectivity index (χ0n) is 13.4. The molecule has 0 saturated carbocycles. The van der Waals surface area contributed by atoms with Crippen molar-refractivity contribution in [1.82, 2.24) is 24.7 Å². The van der Waals surface area contributed by atoms with Gasteiger partial charge in [0.1, 0.15) is 12.1 Å². The molecule has 0 saturated heterocycles. The molecule has 3 aromatic heterocycles. The van der Waals surface area contributed by atoms with Crippen LogP contribution in [0.4, 0.5) is 5.82 Å². The van der Waals surface area contributed by atoms with Gasteiger partial charge in [-0.25, -0.2) is 9.97 Å². The molecule has 0 aliphatic carbocycles. The third-order valence-electron chi connectivity index (χ3n) is 3.99. The van der Waals surface area contributed by atoms with Crippen LogP contribution in [0.1, 0.15) is 10.4 Å². The average molecular weight is 333 g/mol. The topological polar surface area (TPSA) is 128 Å². The number of rotatable bonds is 3. The predicted molar refractivity (Wildman–Crippen MR) is 94.5 cm³/mol. The summed E-state index contributed by atoms with van der Waals surface area (Å²) in [7, 11) is 1.82. The van der Waals surface area contributed by atoms with E-state index in [1.807, 2.05) is 37.4 Å². The van der Waals surface area contributed by atoms with E-state index < -0.39 is 5.91 Å². The first-order valence-electron chi connectivity index (χ1n) is 7.56. The van der Waals surface area contributed by atoms with Gasteiger partial charge in [0, 0.05) is 29.9 Å². The Balaban J connectivity index is 1.86. The van der Waals surface area contributed by atoms with Gasteiger partial charge < -0.3 is 16.5 Å². The summed E-state index contributed by atoms with van der Waals surface area (Å²) >= 11 is 0. The minimum Gasteiger partial charge on any atom is -0.382 e. The third-order valence-corrected chi connectivity index (χ3v) is 3.99. The van der Waals surface area contributed by atoms with Crippen LogP contribution in [0.25, 0.3) is 33.5 Å². The number of nitrogens with one attached hydrogen (secondary N) is 1. The van der Waals surface area contributed by atoms with Crippen molar-refractivity contribution in [2.45, 2.75) is 0 Å². The number of hydrogen-bond acceptors (Lipinski definition) is 5. The Morgan fingerprint density at radius 2 is 2.00 bits per heavy atom. The fraction of sp³-hybridized carbons (Fsp3) is 0.0588. The summed E-state index contributed by atoms with van der Waals surface area (Å²) in [5, 5.41) is 4.96. The molecule has 1 amide bonds. The maximum absolute atomic E-state index is 11.6. The lowest BCUT2D eigenvalue weighted by molar-refractivity contribution is 0.100. The Morgan fingerprint density at radius 3 is 2.72 bits per heavy atom. The second-order valence-corrected chi connectivity index (χ2v) is 5.72. The van der Waals surface area contributed by atoms with Gasteiger partial charge in [-0.2, -0.15) is 5.10 Å². The van der Waals surface area contributed by atoms with E-state index in [2.05, 4.69) is 20.1 Å². The molecule has 0 aliphatic heterocycles. The molecule has 0 atom stereocenters. The summed E-state index contributed by atoms with van der Waals surface area (Å²) in [6, 6.07) is 9.62. The van der Waals surface area contributed by atoms with Gasteiger partial charge in [-0.1, -0.05) is 18.2 Å². The standard InChI is InChI=1S/C17H15N7O/c1-24-8-21-17(23-24)10-4-2-3-9(5-10)13-6-11-12(16(19)25)7-20-15(18)14(11)22-13/h2-8,22H,1H3,(H2,18,20)(H2,19,25). The number of nitrogens with two attached hydrogens (primary N) is 2. The molecule has 0 aliphatic rings. The molecule has 3 heterocycles. The number of aryl methyl sites for hydroxylation is 1. The number of pyridine rings is 1. The van der Waals surface area contributed by atoms with Crippen LogP contribution in [0.3, 0.4) is 0 Å². The second-order valence-electron chi connectivity index (χ2n) is 5.72. The zero-order valence-corrected chi connectivity index (χ0v) is 13.4. The zero-order chi connectivity index (χ0) is 17.6. The van der Waals surface area contributed by atoms with Crippen molar-refractivity contribution in [3.05, 3.63) is 48.4 Å². The third kappa shape index (κ3) is 2.49. The monoisotopic (exact) mass is 333 g/mol. The number of anilines is 1. The SMILES string of the molecule is Cn1cnc(-c2cccc(-c3cc4c(C(N)=O)cnc(N)c4[nH]3)c2)n1. The molecule has 8 nitrogen and oxygen atoms in total. The highest BCUT2D eigenvalue weighted by Crippen LogP contribution is 2.30. The van der Waals surface area contributed by atoms with Gasteiger partial charge in [0.25, 0.3) is 5.91 Å². The molecule has 1 aromatic carbocycles. The second kappa shape index (κ2) is 5.45. The Hall–Kier alpha value is -3.68. The molecule has 8 heteroatoms. The number of hydrogen-bond donors (Lipinski definition) is 3. The van der Waals surface area contributed by atoms with E-state index in [1.54, 1.807) is 11.0 Å². The highest BCUT2D eigenvalue weighted by molar-refractivity contribution is 6.08. The number of benzene rings is 1. The van der Waals surface area contributed by atoms with Gasteiger partial charge in [0.15, 0.2) is 5.82 Å². The quantitative estimate of drug-likeness (QED) is 0.525. The number of amides is 1. The summed E-state index contributed by atoms with van der Waals surface area (Å²) in [6.07, 6.45) is 3.04. The summed E-state index contributed by atoms with van der Waals surface area (Å²) in [4.78, 5) is 23.1. The Kier molecular flexibility index (Phi) is 3.24. The summed E-state index contributed by atoms with van der Waals surface area (Å²) in [5.74, 6) is 0.405. The highest BCUT2D eigenvalue weighted by atomic mass is 16.1. The van der Waals surface area contributed by atoms with E-state index in [9.17, 15) is 4.79 Å². The molecule has 0 radical (unpaired) electrons. The van der Waals surface area contributed by atoms with Gasteiger partial charge >= 0.3 is 0 Å². The van der Waals surface area contributed by atoms with E-state index >= 15 is 0 Å². The number of nitrogens with zero attached hydrogens (tertiary/aromatic N) is 4. The molecule has 5 N–H and O–H groups in total. The van der Waals surface area contributed by atoms with E-state index in [0.717, 1.165) is 16.8 Å². The number of carbonyl (C=O) groups is 1. The van der Waals surface area contributed by atoms with Crippen LogP contribution in [0, 0.1) is 0 Å². The number of aromatic amines is 1. The first kappa shape index (κ1) is 14.9. The number of primary amides is 1. The molecule has 124 valence electrons. The van der Waals surface area contributed by atoms with Gasteiger partial charge in [-0.3, -0.25) is 9.48 Å². The molecule has 4 aromatic rings. The number of aromatic nitrogens is 5. The number of fused-ring (bicyclic) bond motifs is 1. The van der Waals surface area contributed by atoms with Crippen LogP contribution in [0.5, 0.6) is 0 Å². The summed E-state index contributed by atoms with van der Waals surface area (Å²) in [5.41, 5.74) is 14.9. The fourth-order valence-corrected chi connectivity index (χ4v) is 2.79. The number of carbonyl (C=O) groups excluding carboxylic acids is 1. The van der Waals surface area contributed by atoms with Crippen LogP contribution in [0.15, 0.2) is 42.9 Å². The lowest BCUT2D eigenvalue weighted by atomic mass is 10.1. The van der Waals surface area contributed by atoms with Crippen LogP contribution in [0.2, 0.25) is 0 Å². The Morgan fingerprint density at radius 1 is 1.20 bits per heavy atom. The smallest absolute Gasteiger partial charge is 0.250 e. The van der Waals surface area contributed by atoms with E-state index in [-0.39, 0.29) is 0 Å². The molecule has 0 fully saturated rings. The lowest BCUT2D eigenvalue weighted by Gasteiger charge is -2.01. The average Bonchev–Trinajstić information content (AvgIpc) is 3.22. The van der Waals surface area contributed by atoms with Crippen LogP contribution in [-0.4, -0.2) is 30.6 Å². The van der Waals surface area contributed by atoms with Crippen molar-refractivity contribution in [2.75, 3.05) is 5.73 Å². The first-order chi connectivity index (χ1) is 12.0. The Bertz CT molecular complexity index is 1110. The molecular weight excluding hydrogens is 318 g/mol. The van der Waals surface area contributed by atoms with Gasteiger partial charge in [0.2, 0.25) is 0 Å². The fourth-order valence-electron chi connectivity index (χ4n) is 2.79. The van der Waals surface area contributed by atoms with Crippen molar-refractivity contribution in [1.29, 1.82) is 0 Å². The summed E-state index contributed by atoms with van der Waals surface area (Å²) in [6.45, 7) is 0. The van der Waals surface area contributed by atoms with Crippen molar-refractivity contribution < 1.29 is 4.79 Å². The van der Waals surface area contributed by atoms with E-state index in [0.29, 0.717) is 28.1 Å². The van der Waals surface area contributed by atoms with Crippen molar-refractivity contribution in [2.24, 2.45) is 12.8 Å². The van der Waals surface area contributed by atoms with Crippen molar-refractivity contribution >= 4 is 22.6 Å². The molecular formula is C17H15N7O. The van der Waals surface area contributed by atoms with Gasteiger partial charge in [0.05, 0.1) is 11.1 Å². The minimum absolute atomic E-state index is 0.314. The minimum atomic E-state index is -0.547. The largest absolute Gasteiger partial charge is 0.382 e. The maximum Gasteiger partial charge on any atom is 0.250 e. The highest BCUT2D eigenvalue weighted by Gasteiger charge is 2.14. The molecule has 25 heavy (non-hydrogen) atoms. The van der Waals surface area contributed by atoms with Gasteiger partial charge in [-0.15, -0.1) is 0 Å². The molecule has 0 bridgehead atoms. The van der Waals surface area contributed by atoms with Crippen molar-refractivity contribution in [3.8, 4) is 22.6 Å². The molecule has 0 unspecified atom stereocenters. The molecule has 0 spiro atoms. The Labute approximate surface area is 142 Å². The lowest BCUT2D eigenvalue weighted by Crippen LogP contribution is -2.12. The number of H-pyrrole nitrogens is 1. The first-order valence-corrected chi connectivity index (χ1v) is 7.56. The van der Waals surface area contributed by atoms with E-state index in [1.165, 1.54) is 6.20 Å². The van der Waals surface area contributed by atoms with Crippen LogP contribution in [-0.2, 0) is 7.05 Å². The number of nitrogen functional groups attached to an aromatic ring is 1. The van der Waals surface area contributed by atoms with Crippen molar-refractivity contribution in [3.63, 3.8) is 0 Å². The predicted octanol–water partition coefficient (Wildman–Crippen LogP) is 1.71. The van der Waals surface area contributed by atoms with Crippen LogP contribution >= 0.6 is 0 Å². The van der Waals surface area contributed by atoms with Gasteiger partial charge in [-0.05, 0) is 17.7 Å². The summed E-state index contributed by atoms with van der Waals surface area (Å²) < 4.78 is 1.65. The molecule has 4 rings (SSSR count). The van der Waals surface area contributed by atoms with E-state index in [4.69, 9.17) is 11.5 Å². The maximum atomic E-state index is 11.6. The normalized spacial score (nSPS) is 11.1.